The van der Waals surface area contributed by atoms with Crippen LogP contribution in [0.15, 0.2) is 43.0 Å². The normalized spacial score (nSPS) is 16.4. The number of hydrogen-bond donors (Lipinski definition) is 0. The highest BCUT2D eigenvalue weighted by molar-refractivity contribution is 6.30. The van der Waals surface area contributed by atoms with Crippen LogP contribution in [-0.2, 0) is 6.54 Å². The first-order chi connectivity index (χ1) is 9.81. The fourth-order valence-corrected chi connectivity index (χ4v) is 2.61. The van der Waals surface area contributed by atoms with E-state index in [1.165, 1.54) is 11.3 Å². The molecule has 0 unspecified atom stereocenters. The largest absolute Gasteiger partial charge is 0.369 e. The van der Waals surface area contributed by atoms with Gasteiger partial charge in [0.05, 0.1) is 0 Å². The minimum absolute atomic E-state index is 0.788. The van der Waals surface area contributed by atoms with Crippen molar-refractivity contribution in [2.45, 2.75) is 6.54 Å². The van der Waals surface area contributed by atoms with Gasteiger partial charge in [-0.2, -0.15) is 0 Å². The summed E-state index contributed by atoms with van der Waals surface area (Å²) in [4.78, 5) is 13.0. The Morgan fingerprint density at radius 1 is 0.950 bits per heavy atom. The van der Waals surface area contributed by atoms with Crippen molar-refractivity contribution in [2.24, 2.45) is 0 Å². The Hall–Kier alpha value is -1.65. The number of aromatic nitrogens is 2. The van der Waals surface area contributed by atoms with E-state index >= 15 is 0 Å². The zero-order valence-corrected chi connectivity index (χ0v) is 12.0. The van der Waals surface area contributed by atoms with E-state index in [1.54, 1.807) is 6.33 Å². The second-order valence-corrected chi connectivity index (χ2v) is 5.42. The number of piperazine rings is 1. The lowest BCUT2D eigenvalue weighted by Crippen LogP contribution is -2.45. The summed E-state index contributed by atoms with van der Waals surface area (Å²) >= 11 is 5.93. The highest BCUT2D eigenvalue weighted by atomic mass is 35.5. The van der Waals surface area contributed by atoms with Crippen molar-refractivity contribution < 1.29 is 0 Å². The standard InChI is InChI=1S/C15H17ClN4/c16-14-1-3-15(4-2-14)20-7-5-19(6-8-20)11-13-9-17-12-18-10-13/h1-4,9-10,12H,5-8,11H2. The van der Waals surface area contributed by atoms with Gasteiger partial charge in [-0.25, -0.2) is 9.97 Å². The van der Waals surface area contributed by atoms with Crippen molar-refractivity contribution in [3.63, 3.8) is 0 Å². The van der Waals surface area contributed by atoms with Crippen LogP contribution in [0.2, 0.25) is 5.02 Å². The second kappa shape index (κ2) is 6.20. The van der Waals surface area contributed by atoms with Gasteiger partial charge in [-0.15, -0.1) is 0 Å². The smallest absolute Gasteiger partial charge is 0.115 e. The molecule has 0 aliphatic carbocycles. The predicted molar refractivity (Wildman–Crippen MR) is 81.0 cm³/mol. The fourth-order valence-electron chi connectivity index (χ4n) is 2.49. The van der Waals surface area contributed by atoms with Gasteiger partial charge in [-0.05, 0) is 24.3 Å². The first-order valence-electron chi connectivity index (χ1n) is 6.78. The van der Waals surface area contributed by atoms with Crippen LogP contribution in [0.4, 0.5) is 5.69 Å². The van der Waals surface area contributed by atoms with E-state index in [9.17, 15) is 0 Å². The molecule has 1 aliphatic rings. The molecule has 1 aliphatic heterocycles. The Labute approximate surface area is 124 Å². The highest BCUT2D eigenvalue weighted by Gasteiger charge is 2.17. The van der Waals surface area contributed by atoms with Crippen LogP contribution in [0.25, 0.3) is 0 Å². The average Bonchev–Trinajstić information content (AvgIpc) is 2.50. The van der Waals surface area contributed by atoms with Gasteiger partial charge in [0.25, 0.3) is 0 Å². The first kappa shape index (κ1) is 13.3. The van der Waals surface area contributed by atoms with Crippen LogP contribution in [0.1, 0.15) is 5.56 Å². The van der Waals surface area contributed by atoms with Crippen molar-refractivity contribution >= 4 is 17.3 Å². The number of rotatable bonds is 3. The molecule has 0 radical (unpaired) electrons. The molecule has 0 spiro atoms. The average molecular weight is 289 g/mol. The quantitative estimate of drug-likeness (QED) is 0.868. The summed E-state index contributed by atoms with van der Waals surface area (Å²) in [7, 11) is 0. The highest BCUT2D eigenvalue weighted by Crippen LogP contribution is 2.19. The first-order valence-corrected chi connectivity index (χ1v) is 7.16. The van der Waals surface area contributed by atoms with Gasteiger partial charge < -0.3 is 4.90 Å². The molecule has 2 aromatic rings. The second-order valence-electron chi connectivity index (χ2n) is 4.99. The van der Waals surface area contributed by atoms with Gasteiger partial charge in [-0.3, -0.25) is 4.90 Å². The minimum Gasteiger partial charge on any atom is -0.369 e. The Balaban J connectivity index is 1.55. The number of hydrogen-bond acceptors (Lipinski definition) is 4. The van der Waals surface area contributed by atoms with Crippen molar-refractivity contribution in [1.29, 1.82) is 0 Å². The maximum absolute atomic E-state index is 5.93. The van der Waals surface area contributed by atoms with Crippen LogP contribution in [-0.4, -0.2) is 41.0 Å². The molecule has 1 fully saturated rings. The number of anilines is 1. The Bertz CT molecular complexity index is 536. The lowest BCUT2D eigenvalue weighted by atomic mass is 10.2. The number of benzene rings is 1. The molecule has 0 atom stereocenters. The summed E-state index contributed by atoms with van der Waals surface area (Å²) in [6.45, 7) is 5.11. The molecule has 2 heterocycles. The van der Waals surface area contributed by atoms with Gasteiger partial charge in [0.1, 0.15) is 6.33 Å². The molecule has 0 bridgehead atoms. The number of nitrogens with zero attached hydrogens (tertiary/aromatic N) is 4. The van der Waals surface area contributed by atoms with E-state index in [1.807, 2.05) is 24.5 Å². The third-order valence-electron chi connectivity index (χ3n) is 3.58. The van der Waals surface area contributed by atoms with E-state index in [0.29, 0.717) is 0 Å². The molecule has 3 rings (SSSR count). The van der Waals surface area contributed by atoms with Crippen LogP contribution < -0.4 is 4.90 Å². The van der Waals surface area contributed by atoms with Gasteiger partial charge in [-0.1, -0.05) is 11.6 Å². The van der Waals surface area contributed by atoms with Crippen LogP contribution in [0.5, 0.6) is 0 Å². The van der Waals surface area contributed by atoms with Crippen LogP contribution >= 0.6 is 11.6 Å². The molecule has 0 saturated carbocycles. The molecular formula is C15H17ClN4. The summed E-state index contributed by atoms with van der Waals surface area (Å²) in [5, 5.41) is 0.788. The van der Waals surface area contributed by atoms with Crippen molar-refractivity contribution in [3.8, 4) is 0 Å². The Morgan fingerprint density at radius 2 is 1.60 bits per heavy atom. The van der Waals surface area contributed by atoms with Crippen molar-refractivity contribution in [2.75, 3.05) is 31.1 Å². The monoisotopic (exact) mass is 288 g/mol. The summed E-state index contributed by atoms with van der Waals surface area (Å²) < 4.78 is 0. The van der Waals surface area contributed by atoms with Gasteiger partial charge >= 0.3 is 0 Å². The van der Waals surface area contributed by atoms with Crippen molar-refractivity contribution in [1.82, 2.24) is 14.9 Å². The molecule has 1 saturated heterocycles. The molecule has 0 amide bonds. The third kappa shape index (κ3) is 3.26. The lowest BCUT2D eigenvalue weighted by Gasteiger charge is -2.36. The molecule has 104 valence electrons. The topological polar surface area (TPSA) is 32.3 Å². The molecule has 1 aromatic carbocycles. The maximum Gasteiger partial charge on any atom is 0.115 e. The van der Waals surface area contributed by atoms with Crippen LogP contribution in [0, 0.1) is 0 Å². The van der Waals surface area contributed by atoms with E-state index in [2.05, 4.69) is 31.9 Å². The fraction of sp³-hybridized carbons (Fsp3) is 0.333. The van der Waals surface area contributed by atoms with E-state index in [0.717, 1.165) is 37.7 Å². The molecular weight excluding hydrogens is 272 g/mol. The molecule has 1 aromatic heterocycles. The maximum atomic E-state index is 5.93. The van der Waals surface area contributed by atoms with E-state index in [-0.39, 0.29) is 0 Å². The van der Waals surface area contributed by atoms with E-state index in [4.69, 9.17) is 11.6 Å². The SMILES string of the molecule is Clc1ccc(N2CCN(Cc3cncnc3)CC2)cc1. The van der Waals surface area contributed by atoms with Gasteiger partial charge in [0.15, 0.2) is 0 Å². The molecule has 0 N–H and O–H groups in total. The molecule has 4 nitrogen and oxygen atoms in total. The Kier molecular flexibility index (Phi) is 4.14. The third-order valence-corrected chi connectivity index (χ3v) is 3.84. The number of halogens is 1. The zero-order valence-electron chi connectivity index (χ0n) is 11.2. The van der Waals surface area contributed by atoms with Gasteiger partial charge in [0.2, 0.25) is 0 Å². The summed E-state index contributed by atoms with van der Waals surface area (Å²) in [5.74, 6) is 0. The molecule has 20 heavy (non-hydrogen) atoms. The summed E-state index contributed by atoms with van der Waals surface area (Å²) in [6.07, 6.45) is 5.35. The summed E-state index contributed by atoms with van der Waals surface area (Å²) in [6, 6.07) is 8.07. The van der Waals surface area contributed by atoms with Crippen LogP contribution in [0.3, 0.4) is 0 Å². The molecule has 5 heteroatoms. The van der Waals surface area contributed by atoms with E-state index < -0.39 is 0 Å². The summed E-state index contributed by atoms with van der Waals surface area (Å²) in [5.41, 5.74) is 2.42. The predicted octanol–water partition coefficient (Wildman–Crippen LogP) is 2.45. The lowest BCUT2D eigenvalue weighted by molar-refractivity contribution is 0.249. The minimum atomic E-state index is 0.788. The van der Waals surface area contributed by atoms with Crippen molar-refractivity contribution in [3.05, 3.63) is 53.6 Å². The zero-order chi connectivity index (χ0) is 13.8. The van der Waals surface area contributed by atoms with Gasteiger partial charge in [0, 0.05) is 61.4 Å². The Morgan fingerprint density at radius 3 is 2.25 bits per heavy atom.